The van der Waals surface area contributed by atoms with E-state index in [9.17, 15) is 4.79 Å². The third-order valence-electron chi connectivity index (χ3n) is 4.72. The zero-order valence-electron chi connectivity index (χ0n) is 16.6. The monoisotopic (exact) mass is 368 g/mol. The van der Waals surface area contributed by atoms with Crippen molar-refractivity contribution in [3.63, 3.8) is 0 Å². The van der Waals surface area contributed by atoms with Crippen LogP contribution in [0.1, 0.15) is 37.4 Å². The molecule has 0 fully saturated rings. The molecule has 3 rings (SSSR count). The molecule has 3 aromatic rings. The summed E-state index contributed by atoms with van der Waals surface area (Å²) in [5, 5.41) is 3.06. The Balaban J connectivity index is 1.77. The highest BCUT2D eigenvalue weighted by Gasteiger charge is 2.22. The summed E-state index contributed by atoms with van der Waals surface area (Å²) in [5.41, 5.74) is 5.61. The van der Waals surface area contributed by atoms with Crippen molar-refractivity contribution in [2.75, 3.05) is 5.32 Å². The van der Waals surface area contributed by atoms with Crippen LogP contribution in [0, 0.1) is 12.8 Å². The van der Waals surface area contributed by atoms with E-state index in [1.54, 1.807) is 0 Å². The molecule has 1 heterocycles. The van der Waals surface area contributed by atoms with Crippen LogP contribution in [0.2, 0.25) is 0 Å². The second-order valence-corrected chi connectivity index (χ2v) is 7.60. The van der Waals surface area contributed by atoms with Crippen LogP contribution in [-0.2, 0) is 4.79 Å². The standard InChI is InChI=1S/C24H25BN2O/c1-16(2)13-23(20-5-4-6-21(25)15-20)24(28)27-22-9-7-18(8-10-22)19-11-12-26-17(3)14-19/h4-12,14-16,23H,13H2,1-3H3,(H,27,28). The van der Waals surface area contributed by atoms with Crippen LogP contribution in [0.5, 0.6) is 0 Å². The van der Waals surface area contributed by atoms with Gasteiger partial charge in [-0.25, -0.2) is 0 Å². The lowest BCUT2D eigenvalue weighted by atomic mass is 9.85. The minimum atomic E-state index is -0.231. The van der Waals surface area contributed by atoms with Crippen molar-refractivity contribution >= 4 is 24.9 Å². The first-order chi connectivity index (χ1) is 13.4. The third-order valence-corrected chi connectivity index (χ3v) is 4.72. The highest BCUT2D eigenvalue weighted by Crippen LogP contribution is 2.26. The lowest BCUT2D eigenvalue weighted by Crippen LogP contribution is -2.23. The molecule has 0 aliphatic rings. The van der Waals surface area contributed by atoms with E-state index in [0.717, 1.165) is 34.5 Å². The summed E-state index contributed by atoms with van der Waals surface area (Å²) in [7, 11) is 5.93. The number of anilines is 1. The molecule has 0 aliphatic heterocycles. The Kier molecular flexibility index (Phi) is 6.30. The second-order valence-electron chi connectivity index (χ2n) is 7.60. The minimum absolute atomic E-state index is 0.00759. The first-order valence-electron chi connectivity index (χ1n) is 9.62. The molecule has 0 spiro atoms. The van der Waals surface area contributed by atoms with Gasteiger partial charge in [0.05, 0.1) is 5.92 Å². The number of pyridine rings is 1. The van der Waals surface area contributed by atoms with Crippen LogP contribution in [0.4, 0.5) is 5.69 Å². The number of hydrogen-bond donors (Lipinski definition) is 1. The lowest BCUT2D eigenvalue weighted by molar-refractivity contribution is -0.117. The molecule has 1 unspecified atom stereocenters. The van der Waals surface area contributed by atoms with Crippen LogP contribution in [0.3, 0.4) is 0 Å². The van der Waals surface area contributed by atoms with Gasteiger partial charge < -0.3 is 5.32 Å². The quantitative estimate of drug-likeness (QED) is 0.645. The van der Waals surface area contributed by atoms with Gasteiger partial charge in [0.25, 0.3) is 0 Å². The number of nitrogens with one attached hydrogen (secondary N) is 1. The molecule has 1 N–H and O–H groups in total. The van der Waals surface area contributed by atoms with Gasteiger partial charge >= 0.3 is 0 Å². The maximum Gasteiger partial charge on any atom is 0.231 e. The number of carbonyl (C=O) groups is 1. The number of benzene rings is 2. The summed E-state index contributed by atoms with van der Waals surface area (Å²) in [6.07, 6.45) is 2.58. The molecule has 140 valence electrons. The summed E-state index contributed by atoms with van der Waals surface area (Å²) in [5.74, 6) is 0.160. The number of rotatable bonds is 6. The van der Waals surface area contributed by atoms with Gasteiger partial charge in [0, 0.05) is 17.6 Å². The van der Waals surface area contributed by atoms with Crippen LogP contribution in [0.25, 0.3) is 11.1 Å². The third kappa shape index (κ3) is 5.10. The average molecular weight is 368 g/mol. The van der Waals surface area contributed by atoms with E-state index >= 15 is 0 Å². The molecule has 28 heavy (non-hydrogen) atoms. The fraction of sp³-hybridized carbons (Fsp3) is 0.250. The Labute approximate surface area is 168 Å². The Bertz CT molecular complexity index is 951. The molecule has 2 aromatic carbocycles. The van der Waals surface area contributed by atoms with Crippen molar-refractivity contribution in [3.8, 4) is 11.1 Å². The van der Waals surface area contributed by atoms with Gasteiger partial charge in [0.2, 0.25) is 5.91 Å². The van der Waals surface area contributed by atoms with Gasteiger partial charge in [-0.3, -0.25) is 9.78 Å². The summed E-state index contributed by atoms with van der Waals surface area (Å²) < 4.78 is 0. The topological polar surface area (TPSA) is 42.0 Å². The van der Waals surface area contributed by atoms with E-state index in [1.807, 2.05) is 73.8 Å². The molecule has 0 saturated carbocycles. The second kappa shape index (κ2) is 8.88. The van der Waals surface area contributed by atoms with E-state index in [0.29, 0.717) is 11.4 Å². The number of aromatic nitrogens is 1. The normalized spacial score (nSPS) is 12.0. The smallest absolute Gasteiger partial charge is 0.231 e. The molecule has 4 heteroatoms. The van der Waals surface area contributed by atoms with Gasteiger partial charge in [0.1, 0.15) is 7.85 Å². The van der Waals surface area contributed by atoms with Gasteiger partial charge in [-0.05, 0) is 60.2 Å². The molecular formula is C24H25BN2O. The molecule has 1 amide bonds. The van der Waals surface area contributed by atoms with Gasteiger partial charge in [-0.2, -0.15) is 0 Å². The van der Waals surface area contributed by atoms with Crippen molar-refractivity contribution in [2.45, 2.75) is 33.1 Å². The van der Waals surface area contributed by atoms with Crippen molar-refractivity contribution in [1.29, 1.82) is 0 Å². The summed E-state index contributed by atoms with van der Waals surface area (Å²) >= 11 is 0. The SMILES string of the molecule is [B]c1cccc(C(CC(C)C)C(=O)Nc2ccc(-c3ccnc(C)c3)cc2)c1. The zero-order chi connectivity index (χ0) is 20.1. The number of hydrogen-bond acceptors (Lipinski definition) is 2. The highest BCUT2D eigenvalue weighted by atomic mass is 16.1. The number of amides is 1. The number of nitrogens with zero attached hydrogens (tertiary/aromatic N) is 1. The van der Waals surface area contributed by atoms with Gasteiger partial charge in [0.15, 0.2) is 0 Å². The highest BCUT2D eigenvalue weighted by molar-refractivity contribution is 6.32. The molecule has 0 saturated heterocycles. The van der Waals surface area contributed by atoms with Gasteiger partial charge in [-0.1, -0.05) is 55.7 Å². The number of carbonyl (C=O) groups excluding carboxylic acids is 1. The van der Waals surface area contributed by atoms with Crippen LogP contribution >= 0.6 is 0 Å². The Hall–Kier alpha value is -2.88. The first kappa shape index (κ1) is 19.9. The predicted molar refractivity (Wildman–Crippen MR) is 117 cm³/mol. The molecule has 1 atom stereocenters. The number of aryl methyl sites for hydroxylation is 1. The molecule has 0 aliphatic carbocycles. The van der Waals surface area contributed by atoms with Crippen molar-refractivity contribution in [3.05, 3.63) is 78.1 Å². The summed E-state index contributed by atoms with van der Waals surface area (Å²) in [6, 6.07) is 19.5. The maximum atomic E-state index is 13.0. The summed E-state index contributed by atoms with van der Waals surface area (Å²) in [6.45, 7) is 6.22. The lowest BCUT2D eigenvalue weighted by Gasteiger charge is -2.20. The predicted octanol–water partition coefficient (Wildman–Crippen LogP) is 4.62. The largest absolute Gasteiger partial charge is 0.326 e. The first-order valence-corrected chi connectivity index (χ1v) is 9.62. The van der Waals surface area contributed by atoms with Crippen molar-refractivity contribution in [1.82, 2.24) is 4.98 Å². The Morgan fingerprint density at radius 1 is 1.04 bits per heavy atom. The molecule has 0 bridgehead atoms. The van der Waals surface area contributed by atoms with E-state index in [4.69, 9.17) is 7.85 Å². The molecule has 2 radical (unpaired) electrons. The van der Waals surface area contributed by atoms with Crippen molar-refractivity contribution in [2.24, 2.45) is 5.92 Å². The maximum absolute atomic E-state index is 13.0. The van der Waals surface area contributed by atoms with Crippen LogP contribution in [-0.4, -0.2) is 18.7 Å². The molecule has 1 aromatic heterocycles. The van der Waals surface area contributed by atoms with E-state index in [-0.39, 0.29) is 11.8 Å². The fourth-order valence-corrected chi connectivity index (χ4v) is 3.34. The Morgan fingerprint density at radius 3 is 2.43 bits per heavy atom. The average Bonchev–Trinajstić information content (AvgIpc) is 2.66. The van der Waals surface area contributed by atoms with E-state index < -0.39 is 0 Å². The Morgan fingerprint density at radius 2 is 1.79 bits per heavy atom. The van der Waals surface area contributed by atoms with E-state index in [2.05, 4.69) is 24.1 Å². The zero-order valence-corrected chi connectivity index (χ0v) is 16.6. The molecule has 3 nitrogen and oxygen atoms in total. The molecular weight excluding hydrogens is 343 g/mol. The summed E-state index contributed by atoms with van der Waals surface area (Å²) in [4.78, 5) is 17.2. The van der Waals surface area contributed by atoms with Gasteiger partial charge in [-0.15, -0.1) is 0 Å². The van der Waals surface area contributed by atoms with Crippen molar-refractivity contribution < 1.29 is 4.79 Å². The van der Waals surface area contributed by atoms with E-state index in [1.165, 1.54) is 0 Å². The fourth-order valence-electron chi connectivity index (χ4n) is 3.34. The minimum Gasteiger partial charge on any atom is -0.326 e. The van der Waals surface area contributed by atoms with Crippen LogP contribution < -0.4 is 10.8 Å². The van der Waals surface area contributed by atoms with Crippen LogP contribution in [0.15, 0.2) is 66.9 Å².